The highest BCUT2D eigenvalue weighted by Crippen LogP contribution is 2.32. The van der Waals surface area contributed by atoms with Crippen LogP contribution in [0.1, 0.15) is 5.56 Å². The molecule has 2 nitrogen and oxygen atoms in total. The number of hydrogen-bond donors (Lipinski definition) is 0. The Bertz CT molecular complexity index is 765. The van der Waals surface area contributed by atoms with Gasteiger partial charge in [-0.05, 0) is 24.6 Å². The highest BCUT2D eigenvalue weighted by molar-refractivity contribution is 7.22. The van der Waals surface area contributed by atoms with E-state index in [0.29, 0.717) is 0 Å². The Hall–Kier alpha value is -1.87. The van der Waals surface area contributed by atoms with E-state index in [1.165, 1.54) is 16.0 Å². The second-order valence-electron chi connectivity index (χ2n) is 4.46. The monoisotopic (exact) mass is 255 g/mol. The summed E-state index contributed by atoms with van der Waals surface area (Å²) >= 11 is 1.72. The zero-order valence-electron chi connectivity index (χ0n) is 10.3. The molecule has 0 fully saturated rings. The van der Waals surface area contributed by atoms with Crippen molar-refractivity contribution in [1.82, 2.24) is 4.57 Å². The third-order valence-electron chi connectivity index (χ3n) is 3.15. The molecule has 18 heavy (non-hydrogen) atoms. The summed E-state index contributed by atoms with van der Waals surface area (Å²) in [5.41, 5.74) is 3.50. The molecule has 0 aliphatic heterocycles. The minimum atomic E-state index is 0.0377. The average molecular weight is 255 g/mol. The quantitative estimate of drug-likeness (QED) is 0.651. The normalized spacial score (nSPS) is 11.0. The predicted octanol–water partition coefficient (Wildman–Crippen LogP) is 3.58. The van der Waals surface area contributed by atoms with Crippen LogP contribution >= 0.6 is 11.3 Å². The number of thiophene rings is 1. The number of aromatic nitrogens is 1. The number of pyridine rings is 1. The topological polar surface area (TPSA) is 22.0 Å². The molecule has 0 amide bonds. The maximum Gasteiger partial charge on any atom is 0.250 e. The van der Waals surface area contributed by atoms with E-state index in [2.05, 4.69) is 37.3 Å². The summed E-state index contributed by atoms with van der Waals surface area (Å²) in [4.78, 5) is 12.8. The van der Waals surface area contributed by atoms with E-state index in [9.17, 15) is 4.79 Å². The van der Waals surface area contributed by atoms with Crippen LogP contribution in [-0.4, -0.2) is 4.57 Å². The van der Waals surface area contributed by atoms with E-state index < -0.39 is 0 Å². The van der Waals surface area contributed by atoms with Crippen molar-refractivity contribution in [3.05, 3.63) is 58.4 Å². The largest absolute Gasteiger partial charge is 0.310 e. The zero-order chi connectivity index (χ0) is 12.7. The van der Waals surface area contributed by atoms with Crippen LogP contribution < -0.4 is 5.56 Å². The lowest BCUT2D eigenvalue weighted by Crippen LogP contribution is -2.13. The van der Waals surface area contributed by atoms with Crippen molar-refractivity contribution in [2.75, 3.05) is 0 Å². The van der Waals surface area contributed by atoms with Gasteiger partial charge in [-0.2, -0.15) is 0 Å². The lowest BCUT2D eigenvalue weighted by molar-refractivity contribution is 0.908. The number of aryl methyl sites for hydroxylation is 2. The summed E-state index contributed by atoms with van der Waals surface area (Å²) < 4.78 is 2.84. The van der Waals surface area contributed by atoms with Crippen LogP contribution in [0.15, 0.2) is 47.3 Å². The fraction of sp³-hybridized carbons (Fsp3) is 0.133. The molecule has 0 spiro atoms. The third kappa shape index (κ3) is 1.77. The number of rotatable bonds is 1. The van der Waals surface area contributed by atoms with Gasteiger partial charge in [-0.3, -0.25) is 4.79 Å². The van der Waals surface area contributed by atoms with Gasteiger partial charge < -0.3 is 4.57 Å². The molecule has 3 rings (SSSR count). The van der Waals surface area contributed by atoms with Gasteiger partial charge in [-0.15, -0.1) is 11.3 Å². The van der Waals surface area contributed by atoms with E-state index in [4.69, 9.17) is 0 Å². The third-order valence-corrected chi connectivity index (χ3v) is 4.28. The molecule has 3 aromatic rings. The smallest absolute Gasteiger partial charge is 0.250 e. The van der Waals surface area contributed by atoms with Crippen molar-refractivity contribution in [3.8, 4) is 10.4 Å². The van der Waals surface area contributed by atoms with E-state index in [1.54, 1.807) is 22.0 Å². The molecule has 0 aliphatic carbocycles. The van der Waals surface area contributed by atoms with Crippen LogP contribution in [0.25, 0.3) is 20.7 Å². The van der Waals surface area contributed by atoms with E-state index >= 15 is 0 Å². The van der Waals surface area contributed by atoms with Gasteiger partial charge >= 0.3 is 0 Å². The van der Waals surface area contributed by atoms with Crippen LogP contribution in [0.5, 0.6) is 0 Å². The molecule has 0 aliphatic rings. The molecule has 0 N–H and O–H groups in total. The zero-order valence-corrected chi connectivity index (χ0v) is 11.1. The van der Waals surface area contributed by atoms with Crippen LogP contribution in [-0.2, 0) is 7.05 Å². The summed E-state index contributed by atoms with van der Waals surface area (Å²) in [6, 6.07) is 14.1. The maximum absolute atomic E-state index is 11.6. The Labute approximate surface area is 109 Å². The number of hydrogen-bond acceptors (Lipinski definition) is 2. The highest BCUT2D eigenvalue weighted by atomic mass is 32.1. The van der Waals surface area contributed by atoms with Crippen molar-refractivity contribution in [3.63, 3.8) is 0 Å². The van der Waals surface area contributed by atoms with Crippen LogP contribution in [0.4, 0.5) is 0 Å². The standard InChI is InChI=1S/C15H13NOS/c1-10-3-5-11(6-4-10)14-9-12-13(18-14)7-8-15(17)16(12)2/h3-9H,1-2H3. The first-order valence-electron chi connectivity index (χ1n) is 5.82. The van der Waals surface area contributed by atoms with Crippen LogP contribution in [0.3, 0.4) is 0 Å². The second-order valence-corrected chi connectivity index (χ2v) is 5.54. The van der Waals surface area contributed by atoms with E-state index in [-0.39, 0.29) is 5.56 Å². The Kier molecular flexibility index (Phi) is 2.56. The van der Waals surface area contributed by atoms with Gasteiger partial charge in [0.2, 0.25) is 0 Å². The van der Waals surface area contributed by atoms with Gasteiger partial charge in [0, 0.05) is 18.0 Å². The summed E-state index contributed by atoms with van der Waals surface area (Å²) in [6.45, 7) is 2.08. The number of fused-ring (bicyclic) bond motifs is 1. The van der Waals surface area contributed by atoms with Crippen molar-refractivity contribution in [2.45, 2.75) is 6.92 Å². The van der Waals surface area contributed by atoms with Gasteiger partial charge in [0.15, 0.2) is 0 Å². The first-order valence-corrected chi connectivity index (χ1v) is 6.63. The Morgan fingerprint density at radius 2 is 1.78 bits per heavy atom. The van der Waals surface area contributed by atoms with Crippen molar-refractivity contribution >= 4 is 21.6 Å². The Morgan fingerprint density at radius 1 is 1.06 bits per heavy atom. The average Bonchev–Trinajstić information content (AvgIpc) is 2.80. The molecule has 0 atom stereocenters. The van der Waals surface area contributed by atoms with Crippen molar-refractivity contribution in [1.29, 1.82) is 0 Å². The lowest BCUT2D eigenvalue weighted by Gasteiger charge is -1.97. The van der Waals surface area contributed by atoms with Gasteiger partial charge in [-0.25, -0.2) is 0 Å². The maximum atomic E-state index is 11.6. The first-order chi connectivity index (χ1) is 8.65. The van der Waals surface area contributed by atoms with Crippen molar-refractivity contribution in [2.24, 2.45) is 7.05 Å². The van der Waals surface area contributed by atoms with Crippen molar-refractivity contribution < 1.29 is 0 Å². The number of benzene rings is 1. The molecule has 2 aromatic heterocycles. The fourth-order valence-corrected chi connectivity index (χ4v) is 3.11. The molecule has 0 bridgehead atoms. The second kappa shape index (κ2) is 4.10. The van der Waals surface area contributed by atoms with E-state index in [1.807, 2.05) is 13.1 Å². The molecule has 3 heteroatoms. The molecule has 0 saturated heterocycles. The molecular weight excluding hydrogens is 242 g/mol. The van der Waals surface area contributed by atoms with Crippen LogP contribution in [0.2, 0.25) is 0 Å². The lowest BCUT2D eigenvalue weighted by atomic mass is 10.1. The number of nitrogens with zero attached hydrogens (tertiary/aromatic N) is 1. The fourth-order valence-electron chi connectivity index (χ4n) is 2.01. The molecule has 90 valence electrons. The van der Waals surface area contributed by atoms with Gasteiger partial charge in [0.1, 0.15) is 0 Å². The van der Waals surface area contributed by atoms with Crippen LogP contribution in [0, 0.1) is 6.92 Å². The summed E-state index contributed by atoms with van der Waals surface area (Å²) in [7, 11) is 1.82. The van der Waals surface area contributed by atoms with E-state index in [0.717, 1.165) is 10.2 Å². The molecule has 0 unspecified atom stereocenters. The summed E-state index contributed by atoms with van der Waals surface area (Å²) in [6.07, 6.45) is 0. The SMILES string of the molecule is Cc1ccc(-c2cc3c(ccc(=O)n3C)s2)cc1. The Morgan fingerprint density at radius 3 is 2.50 bits per heavy atom. The highest BCUT2D eigenvalue weighted by Gasteiger charge is 2.06. The van der Waals surface area contributed by atoms with Gasteiger partial charge in [-0.1, -0.05) is 29.8 Å². The van der Waals surface area contributed by atoms with Gasteiger partial charge in [0.25, 0.3) is 5.56 Å². The minimum Gasteiger partial charge on any atom is -0.310 e. The molecule has 0 radical (unpaired) electrons. The summed E-state index contributed by atoms with van der Waals surface area (Å²) in [5.74, 6) is 0. The first kappa shape index (κ1) is 11.2. The van der Waals surface area contributed by atoms with Gasteiger partial charge in [0.05, 0.1) is 10.2 Å². The minimum absolute atomic E-state index is 0.0377. The molecule has 1 aromatic carbocycles. The molecular formula is C15H13NOS. The predicted molar refractivity (Wildman–Crippen MR) is 77.2 cm³/mol. The Balaban J connectivity index is 2.22. The molecule has 0 saturated carbocycles. The summed E-state index contributed by atoms with van der Waals surface area (Å²) in [5, 5.41) is 0. The molecule has 2 heterocycles.